The Morgan fingerprint density at radius 3 is 2.56 bits per heavy atom. The Morgan fingerprint density at radius 2 is 2.06 bits per heavy atom. The smallest absolute Gasteiger partial charge is 0.410 e. The van der Waals surface area contributed by atoms with Crippen molar-refractivity contribution in [1.82, 2.24) is 4.90 Å². The number of piperidine rings is 1. The second-order valence-electron chi connectivity index (χ2n) is 5.15. The highest BCUT2D eigenvalue weighted by Crippen LogP contribution is 2.16. The Morgan fingerprint density at radius 1 is 1.44 bits per heavy atom. The van der Waals surface area contributed by atoms with E-state index >= 15 is 0 Å². The molecule has 1 heterocycles. The van der Waals surface area contributed by atoms with Crippen molar-refractivity contribution in [3.8, 4) is 0 Å². The van der Waals surface area contributed by atoms with Gasteiger partial charge in [0.05, 0.1) is 12.6 Å². The second-order valence-corrected chi connectivity index (χ2v) is 5.15. The Bertz CT molecular complexity index is 250. The normalized spacial score (nSPS) is 26.7. The molecule has 0 aromatic heterocycles. The van der Waals surface area contributed by atoms with E-state index in [0.717, 1.165) is 6.42 Å². The number of hydrogen-bond acceptors (Lipinski definition) is 4. The molecule has 1 fully saturated rings. The molecule has 0 spiro atoms. The van der Waals surface area contributed by atoms with E-state index in [0.29, 0.717) is 13.1 Å². The zero-order valence-electron chi connectivity index (χ0n) is 10.5. The van der Waals surface area contributed by atoms with Crippen molar-refractivity contribution >= 4 is 6.09 Å². The molecular formula is C11H22N2O3. The Labute approximate surface area is 96.9 Å². The summed E-state index contributed by atoms with van der Waals surface area (Å²) in [5.74, 6) is 0. The van der Waals surface area contributed by atoms with E-state index in [9.17, 15) is 4.79 Å². The van der Waals surface area contributed by atoms with Crippen LogP contribution in [0.2, 0.25) is 0 Å². The minimum atomic E-state index is -0.459. The molecule has 0 saturated carbocycles. The maximum atomic E-state index is 11.8. The first-order valence-electron chi connectivity index (χ1n) is 5.60. The number of ether oxygens (including phenoxy) is 2. The molecular weight excluding hydrogens is 208 g/mol. The van der Waals surface area contributed by atoms with Crippen molar-refractivity contribution in [1.29, 1.82) is 0 Å². The van der Waals surface area contributed by atoms with Gasteiger partial charge in [0.2, 0.25) is 0 Å². The zero-order valence-corrected chi connectivity index (χ0v) is 10.5. The summed E-state index contributed by atoms with van der Waals surface area (Å²) in [4.78, 5) is 13.4. The van der Waals surface area contributed by atoms with Gasteiger partial charge in [-0.15, -0.1) is 0 Å². The van der Waals surface area contributed by atoms with Gasteiger partial charge in [0.15, 0.2) is 0 Å². The van der Waals surface area contributed by atoms with Gasteiger partial charge in [0.1, 0.15) is 5.60 Å². The molecule has 1 amide bonds. The molecule has 1 rings (SSSR count). The summed E-state index contributed by atoms with van der Waals surface area (Å²) < 4.78 is 10.5. The minimum Gasteiger partial charge on any atom is -0.444 e. The first kappa shape index (κ1) is 13.3. The van der Waals surface area contributed by atoms with Crippen LogP contribution < -0.4 is 5.73 Å². The monoisotopic (exact) mass is 230 g/mol. The highest BCUT2D eigenvalue weighted by Gasteiger charge is 2.31. The van der Waals surface area contributed by atoms with E-state index in [1.807, 2.05) is 20.8 Å². The lowest BCUT2D eigenvalue weighted by atomic mass is 10.0. The molecule has 0 aromatic carbocycles. The van der Waals surface area contributed by atoms with Crippen LogP contribution in [0.5, 0.6) is 0 Å². The molecule has 0 bridgehead atoms. The number of hydrogen-bond donors (Lipinski definition) is 1. The molecule has 5 nitrogen and oxygen atoms in total. The largest absolute Gasteiger partial charge is 0.444 e. The van der Waals surface area contributed by atoms with Crippen LogP contribution in [0.15, 0.2) is 0 Å². The zero-order chi connectivity index (χ0) is 12.3. The van der Waals surface area contributed by atoms with E-state index in [1.54, 1.807) is 12.0 Å². The minimum absolute atomic E-state index is 0.00341. The first-order chi connectivity index (χ1) is 7.33. The van der Waals surface area contributed by atoms with Gasteiger partial charge < -0.3 is 20.1 Å². The summed E-state index contributed by atoms with van der Waals surface area (Å²) in [6.45, 7) is 6.71. The van der Waals surface area contributed by atoms with E-state index in [1.165, 1.54) is 0 Å². The number of rotatable bonds is 1. The van der Waals surface area contributed by atoms with Gasteiger partial charge in [-0.2, -0.15) is 0 Å². The van der Waals surface area contributed by atoms with E-state index < -0.39 is 5.60 Å². The molecule has 2 N–H and O–H groups in total. The molecule has 1 aliphatic rings. The molecule has 1 aliphatic heterocycles. The fraction of sp³-hybridized carbons (Fsp3) is 0.909. The van der Waals surface area contributed by atoms with E-state index in [2.05, 4.69) is 0 Å². The molecule has 0 aliphatic carbocycles. The lowest BCUT2D eigenvalue weighted by molar-refractivity contribution is -0.0126. The number of amides is 1. The average Bonchev–Trinajstić information content (AvgIpc) is 2.15. The van der Waals surface area contributed by atoms with Crippen LogP contribution >= 0.6 is 0 Å². The summed E-state index contributed by atoms with van der Waals surface area (Å²) in [6.07, 6.45) is 0.361. The lowest BCUT2D eigenvalue weighted by Crippen LogP contribution is -2.53. The Balaban J connectivity index is 2.52. The maximum absolute atomic E-state index is 11.8. The van der Waals surface area contributed by atoms with Gasteiger partial charge in [-0.05, 0) is 27.2 Å². The van der Waals surface area contributed by atoms with Crippen LogP contribution in [-0.4, -0.2) is 48.9 Å². The van der Waals surface area contributed by atoms with Gasteiger partial charge in [-0.25, -0.2) is 4.79 Å². The molecule has 1 unspecified atom stereocenters. The maximum Gasteiger partial charge on any atom is 0.410 e. The highest BCUT2D eigenvalue weighted by molar-refractivity contribution is 5.68. The predicted octanol–water partition coefficient (Wildman–Crippen LogP) is 0.970. The van der Waals surface area contributed by atoms with Crippen molar-refractivity contribution in [3.63, 3.8) is 0 Å². The van der Waals surface area contributed by atoms with Crippen molar-refractivity contribution in [2.75, 3.05) is 20.2 Å². The second kappa shape index (κ2) is 5.01. The average molecular weight is 230 g/mol. The third-order valence-corrected chi connectivity index (χ3v) is 2.56. The summed E-state index contributed by atoms with van der Waals surface area (Å²) in [7, 11) is 1.61. The van der Waals surface area contributed by atoms with Crippen molar-refractivity contribution < 1.29 is 14.3 Å². The highest BCUT2D eigenvalue weighted by atomic mass is 16.6. The number of likely N-dealkylation sites (tertiary alicyclic amines) is 1. The quantitative estimate of drug-likeness (QED) is 0.729. The van der Waals surface area contributed by atoms with Crippen LogP contribution in [0.3, 0.4) is 0 Å². The number of nitrogens with two attached hydrogens (primary N) is 1. The van der Waals surface area contributed by atoms with E-state index in [-0.39, 0.29) is 18.2 Å². The van der Waals surface area contributed by atoms with Crippen LogP contribution in [0.1, 0.15) is 27.2 Å². The first-order valence-corrected chi connectivity index (χ1v) is 5.60. The number of nitrogens with zero attached hydrogens (tertiary/aromatic N) is 1. The Hall–Kier alpha value is -0.810. The van der Waals surface area contributed by atoms with Gasteiger partial charge in [0.25, 0.3) is 0 Å². The fourth-order valence-corrected chi connectivity index (χ4v) is 1.68. The van der Waals surface area contributed by atoms with Crippen LogP contribution in [0.4, 0.5) is 4.79 Å². The van der Waals surface area contributed by atoms with Crippen LogP contribution in [0, 0.1) is 0 Å². The molecule has 0 radical (unpaired) electrons. The molecule has 2 atom stereocenters. The van der Waals surface area contributed by atoms with Gasteiger partial charge in [-0.1, -0.05) is 0 Å². The van der Waals surface area contributed by atoms with Gasteiger partial charge in [-0.3, -0.25) is 0 Å². The summed E-state index contributed by atoms with van der Waals surface area (Å²) in [6, 6.07) is 0.00341. The van der Waals surface area contributed by atoms with Gasteiger partial charge >= 0.3 is 6.09 Å². The number of carbonyl (C=O) groups excluding carboxylic acids is 1. The molecule has 5 heteroatoms. The number of methoxy groups -OCH3 is 1. The molecule has 94 valence electrons. The number of carbonyl (C=O) groups is 1. The standard InChI is InChI=1S/C11H22N2O3/c1-11(2,3)16-10(14)13-6-5-8(12)9(7-13)15-4/h8-9H,5-7,12H2,1-4H3/t8?,9-/m0/s1. The summed E-state index contributed by atoms with van der Waals surface area (Å²) in [5.41, 5.74) is 5.42. The predicted molar refractivity (Wildman–Crippen MR) is 61.2 cm³/mol. The third-order valence-electron chi connectivity index (χ3n) is 2.56. The van der Waals surface area contributed by atoms with Crippen molar-refractivity contribution in [2.45, 2.75) is 44.9 Å². The molecule has 0 aromatic rings. The topological polar surface area (TPSA) is 64.8 Å². The van der Waals surface area contributed by atoms with Crippen LogP contribution in [-0.2, 0) is 9.47 Å². The third kappa shape index (κ3) is 3.64. The molecule has 1 saturated heterocycles. The van der Waals surface area contributed by atoms with Crippen molar-refractivity contribution in [2.24, 2.45) is 5.73 Å². The Kier molecular flexibility index (Phi) is 4.15. The molecule has 16 heavy (non-hydrogen) atoms. The van der Waals surface area contributed by atoms with Crippen molar-refractivity contribution in [3.05, 3.63) is 0 Å². The lowest BCUT2D eigenvalue weighted by Gasteiger charge is -2.36. The fourth-order valence-electron chi connectivity index (χ4n) is 1.68. The van der Waals surface area contributed by atoms with E-state index in [4.69, 9.17) is 15.2 Å². The summed E-state index contributed by atoms with van der Waals surface area (Å²) in [5, 5.41) is 0. The summed E-state index contributed by atoms with van der Waals surface area (Å²) >= 11 is 0. The SMILES string of the molecule is CO[C@H]1CN(C(=O)OC(C)(C)C)CCC1N. The van der Waals surface area contributed by atoms with Crippen LogP contribution in [0.25, 0.3) is 0 Å². The van der Waals surface area contributed by atoms with Gasteiger partial charge in [0, 0.05) is 19.7 Å².